The number of ether oxygens (including phenoxy) is 1. The van der Waals surface area contributed by atoms with Crippen molar-refractivity contribution in [3.8, 4) is 5.75 Å². The molecule has 0 saturated heterocycles. The summed E-state index contributed by atoms with van der Waals surface area (Å²) in [6.07, 6.45) is -0.159. The van der Waals surface area contributed by atoms with E-state index in [9.17, 15) is 12.8 Å². The molecule has 0 heterocycles. The quantitative estimate of drug-likeness (QED) is 0.871. The van der Waals surface area contributed by atoms with Crippen LogP contribution in [0.15, 0.2) is 42.5 Å². The Hall–Kier alpha value is -2.08. The van der Waals surface area contributed by atoms with Gasteiger partial charge in [-0.1, -0.05) is 24.3 Å². The second-order valence-electron chi connectivity index (χ2n) is 5.60. The summed E-state index contributed by atoms with van der Waals surface area (Å²) in [6.45, 7) is 5.43. The van der Waals surface area contributed by atoms with Gasteiger partial charge in [0.05, 0.1) is 17.5 Å². The lowest BCUT2D eigenvalue weighted by Gasteiger charge is -2.13. The maximum atomic E-state index is 13.9. The van der Waals surface area contributed by atoms with Crippen LogP contribution >= 0.6 is 0 Å². The van der Waals surface area contributed by atoms with Crippen LogP contribution in [0.2, 0.25) is 0 Å². The summed E-state index contributed by atoms with van der Waals surface area (Å²) >= 11 is 0. The van der Waals surface area contributed by atoms with Crippen molar-refractivity contribution in [3.05, 3.63) is 59.4 Å². The van der Waals surface area contributed by atoms with Crippen LogP contribution in [-0.2, 0) is 15.8 Å². The Morgan fingerprint density at radius 2 is 1.87 bits per heavy atom. The topological polar surface area (TPSA) is 55.4 Å². The highest BCUT2D eigenvalue weighted by Crippen LogP contribution is 2.23. The molecule has 0 atom stereocenters. The standard InChI is InChI=1S/C17H20FNO3S/c1-12(2)22-17-9-8-15(10-16(17)18)19-23(20,21)11-14-7-5-4-6-13(14)3/h4-10,12,19H,11H2,1-3H3. The van der Waals surface area contributed by atoms with Gasteiger partial charge in [-0.05, 0) is 44.0 Å². The molecule has 23 heavy (non-hydrogen) atoms. The van der Waals surface area contributed by atoms with Crippen LogP contribution in [-0.4, -0.2) is 14.5 Å². The molecule has 0 radical (unpaired) electrons. The Bertz CT molecular complexity index is 788. The first-order valence-corrected chi connectivity index (χ1v) is 8.93. The van der Waals surface area contributed by atoms with Gasteiger partial charge in [0, 0.05) is 6.07 Å². The van der Waals surface area contributed by atoms with E-state index in [2.05, 4.69) is 4.72 Å². The number of aryl methyl sites for hydroxylation is 1. The monoisotopic (exact) mass is 337 g/mol. The average molecular weight is 337 g/mol. The number of hydrogen-bond donors (Lipinski definition) is 1. The van der Waals surface area contributed by atoms with E-state index in [1.807, 2.05) is 19.1 Å². The molecule has 0 aliphatic heterocycles. The SMILES string of the molecule is Cc1ccccc1CS(=O)(=O)Nc1ccc(OC(C)C)c(F)c1. The molecule has 4 nitrogen and oxygen atoms in total. The van der Waals surface area contributed by atoms with Gasteiger partial charge in [0.1, 0.15) is 0 Å². The van der Waals surface area contributed by atoms with Crippen molar-refractivity contribution in [1.82, 2.24) is 0 Å². The fourth-order valence-corrected chi connectivity index (χ4v) is 3.40. The summed E-state index contributed by atoms with van der Waals surface area (Å²) in [5.41, 5.74) is 1.78. The first-order valence-electron chi connectivity index (χ1n) is 7.28. The van der Waals surface area contributed by atoms with Gasteiger partial charge in [0.15, 0.2) is 11.6 Å². The normalized spacial score (nSPS) is 11.5. The van der Waals surface area contributed by atoms with Gasteiger partial charge in [-0.2, -0.15) is 0 Å². The van der Waals surface area contributed by atoms with Crippen molar-refractivity contribution in [2.24, 2.45) is 0 Å². The van der Waals surface area contributed by atoms with Crippen LogP contribution in [0.1, 0.15) is 25.0 Å². The summed E-state index contributed by atoms with van der Waals surface area (Å²) in [5.74, 6) is -0.664. The lowest BCUT2D eigenvalue weighted by atomic mass is 10.1. The van der Waals surface area contributed by atoms with E-state index < -0.39 is 15.8 Å². The maximum absolute atomic E-state index is 13.9. The second kappa shape index (κ2) is 7.00. The van der Waals surface area contributed by atoms with Crippen molar-refractivity contribution < 1.29 is 17.5 Å². The molecule has 1 N–H and O–H groups in total. The minimum Gasteiger partial charge on any atom is -0.488 e. The first kappa shape index (κ1) is 17.3. The fraction of sp³-hybridized carbons (Fsp3) is 0.294. The zero-order chi connectivity index (χ0) is 17.0. The number of rotatable bonds is 6. The van der Waals surface area contributed by atoms with Gasteiger partial charge in [-0.25, -0.2) is 12.8 Å². The van der Waals surface area contributed by atoms with Gasteiger partial charge in [-0.15, -0.1) is 0 Å². The molecule has 2 rings (SSSR count). The summed E-state index contributed by atoms with van der Waals surface area (Å²) in [5, 5.41) is 0. The van der Waals surface area contributed by atoms with Gasteiger partial charge in [-0.3, -0.25) is 4.72 Å². The van der Waals surface area contributed by atoms with Crippen molar-refractivity contribution in [3.63, 3.8) is 0 Å². The Morgan fingerprint density at radius 1 is 1.17 bits per heavy atom. The number of halogens is 1. The maximum Gasteiger partial charge on any atom is 0.236 e. The van der Waals surface area contributed by atoms with Gasteiger partial charge < -0.3 is 4.74 Å². The number of anilines is 1. The number of benzene rings is 2. The highest BCUT2D eigenvalue weighted by atomic mass is 32.2. The molecule has 2 aromatic carbocycles. The molecule has 0 aliphatic carbocycles. The van der Waals surface area contributed by atoms with Crippen LogP contribution in [0.3, 0.4) is 0 Å². The van der Waals surface area contributed by atoms with Crippen molar-refractivity contribution in [2.75, 3.05) is 4.72 Å². The average Bonchev–Trinajstić information content (AvgIpc) is 2.43. The van der Waals surface area contributed by atoms with E-state index in [0.717, 1.165) is 11.6 Å². The largest absolute Gasteiger partial charge is 0.488 e. The lowest BCUT2D eigenvalue weighted by molar-refractivity contribution is 0.231. The van der Waals surface area contributed by atoms with Crippen molar-refractivity contribution in [1.29, 1.82) is 0 Å². The van der Waals surface area contributed by atoms with E-state index in [4.69, 9.17) is 4.74 Å². The van der Waals surface area contributed by atoms with Crippen LogP contribution in [0.5, 0.6) is 5.75 Å². The van der Waals surface area contributed by atoms with E-state index in [0.29, 0.717) is 5.56 Å². The van der Waals surface area contributed by atoms with Gasteiger partial charge in [0.25, 0.3) is 0 Å². The van der Waals surface area contributed by atoms with E-state index >= 15 is 0 Å². The summed E-state index contributed by atoms with van der Waals surface area (Å²) < 4.78 is 46.1. The molecular weight excluding hydrogens is 317 g/mol. The number of sulfonamides is 1. The minimum atomic E-state index is -3.62. The van der Waals surface area contributed by atoms with E-state index in [1.165, 1.54) is 12.1 Å². The molecule has 0 bridgehead atoms. The Balaban J connectivity index is 2.14. The van der Waals surface area contributed by atoms with Gasteiger partial charge in [0.2, 0.25) is 10.0 Å². The first-order chi connectivity index (χ1) is 10.8. The summed E-state index contributed by atoms with van der Waals surface area (Å²) in [6, 6.07) is 11.3. The minimum absolute atomic E-state index is 0.0989. The molecule has 6 heteroatoms. The third-order valence-corrected chi connectivity index (χ3v) is 4.41. The molecule has 124 valence electrons. The molecule has 0 saturated carbocycles. The Kier molecular flexibility index (Phi) is 5.26. The second-order valence-corrected chi connectivity index (χ2v) is 7.32. The molecule has 0 amide bonds. The van der Waals surface area contributed by atoms with Crippen molar-refractivity contribution >= 4 is 15.7 Å². The Labute approximate surface area is 136 Å². The van der Waals surface area contributed by atoms with E-state index in [1.54, 1.807) is 26.0 Å². The van der Waals surface area contributed by atoms with Crippen LogP contribution in [0, 0.1) is 12.7 Å². The molecule has 0 aliphatic rings. The Morgan fingerprint density at radius 3 is 2.48 bits per heavy atom. The molecule has 0 unspecified atom stereocenters. The lowest BCUT2D eigenvalue weighted by Crippen LogP contribution is -2.16. The molecular formula is C17H20FNO3S. The zero-order valence-corrected chi connectivity index (χ0v) is 14.2. The highest BCUT2D eigenvalue weighted by molar-refractivity contribution is 7.91. The van der Waals surface area contributed by atoms with E-state index in [-0.39, 0.29) is 23.3 Å². The summed E-state index contributed by atoms with van der Waals surface area (Å²) in [4.78, 5) is 0. The molecule has 0 fully saturated rings. The van der Waals surface area contributed by atoms with Crippen LogP contribution in [0.4, 0.5) is 10.1 Å². The molecule has 2 aromatic rings. The number of hydrogen-bond acceptors (Lipinski definition) is 3. The summed E-state index contributed by atoms with van der Waals surface area (Å²) in [7, 11) is -3.62. The molecule has 0 spiro atoms. The fourth-order valence-electron chi connectivity index (χ4n) is 2.11. The third kappa shape index (κ3) is 4.96. The van der Waals surface area contributed by atoms with Crippen molar-refractivity contribution in [2.45, 2.75) is 32.6 Å². The van der Waals surface area contributed by atoms with Crippen LogP contribution < -0.4 is 9.46 Å². The predicted octanol–water partition coefficient (Wildman–Crippen LogP) is 3.86. The predicted molar refractivity (Wildman–Crippen MR) is 89.6 cm³/mol. The van der Waals surface area contributed by atoms with Gasteiger partial charge >= 0.3 is 0 Å². The third-order valence-electron chi connectivity index (χ3n) is 3.17. The smallest absolute Gasteiger partial charge is 0.236 e. The highest BCUT2D eigenvalue weighted by Gasteiger charge is 2.15. The number of nitrogens with one attached hydrogen (secondary N) is 1. The zero-order valence-electron chi connectivity index (χ0n) is 13.3. The van der Waals surface area contributed by atoms with Crippen LogP contribution in [0.25, 0.3) is 0 Å². The molecule has 0 aromatic heterocycles.